The van der Waals surface area contributed by atoms with Crippen LogP contribution in [-0.4, -0.2) is 71.7 Å². The van der Waals surface area contributed by atoms with Gasteiger partial charge in [-0.1, -0.05) is 11.6 Å². The molecule has 0 unspecified atom stereocenters. The molecule has 4 rings (SSSR count). The first-order valence-corrected chi connectivity index (χ1v) is 12.5. The van der Waals surface area contributed by atoms with Gasteiger partial charge in [0, 0.05) is 57.2 Å². The average molecular weight is 528 g/mol. The Balaban J connectivity index is 1.41. The predicted molar refractivity (Wildman–Crippen MR) is 139 cm³/mol. The lowest BCUT2D eigenvalue weighted by Crippen LogP contribution is -2.44. The van der Waals surface area contributed by atoms with Crippen LogP contribution >= 0.6 is 11.6 Å². The van der Waals surface area contributed by atoms with Gasteiger partial charge in [-0.2, -0.15) is 0 Å². The molecule has 3 heterocycles. The number of pyridine rings is 1. The minimum Gasteiger partial charge on any atom is -0.481 e. The van der Waals surface area contributed by atoms with E-state index in [1.165, 1.54) is 21.0 Å². The second-order valence-corrected chi connectivity index (χ2v) is 10.00. The lowest BCUT2D eigenvalue weighted by atomic mass is 9.77. The number of aromatic nitrogens is 1. The highest BCUT2D eigenvalue weighted by atomic mass is 35.5. The van der Waals surface area contributed by atoms with E-state index in [0.29, 0.717) is 54.6 Å². The molecule has 10 nitrogen and oxygen atoms in total. The van der Waals surface area contributed by atoms with Gasteiger partial charge >= 0.3 is 0 Å². The lowest BCUT2D eigenvalue weighted by molar-refractivity contribution is -0.115. The summed E-state index contributed by atoms with van der Waals surface area (Å²) in [4.78, 5) is 57.2. The first-order valence-electron chi connectivity index (χ1n) is 12.1. The number of methoxy groups -OCH3 is 1. The zero-order valence-electron chi connectivity index (χ0n) is 21.1. The molecule has 37 heavy (non-hydrogen) atoms. The normalized spacial score (nSPS) is 16.4. The Bertz CT molecular complexity index is 1240. The van der Waals surface area contributed by atoms with Crippen molar-refractivity contribution in [2.75, 3.05) is 43.9 Å². The second kappa shape index (κ2) is 10.8. The van der Waals surface area contributed by atoms with Crippen LogP contribution in [0.4, 0.5) is 11.4 Å². The number of nitrogens with one attached hydrogen (secondary N) is 2. The zero-order chi connectivity index (χ0) is 26.7. The third kappa shape index (κ3) is 6.02. The van der Waals surface area contributed by atoms with Crippen molar-refractivity contribution in [1.29, 1.82) is 0 Å². The molecule has 11 heteroatoms. The highest BCUT2D eigenvalue weighted by Gasteiger charge is 2.43. The number of carbonyl (C=O) groups excluding carboxylic acids is 4. The maximum Gasteiger partial charge on any atom is 0.254 e. The molecule has 2 fully saturated rings. The lowest BCUT2D eigenvalue weighted by Gasteiger charge is -2.39. The van der Waals surface area contributed by atoms with Gasteiger partial charge < -0.3 is 25.2 Å². The number of anilines is 2. The number of likely N-dealkylation sites (tertiary alicyclic amines) is 2. The maximum absolute atomic E-state index is 13.3. The van der Waals surface area contributed by atoms with Crippen molar-refractivity contribution in [2.24, 2.45) is 5.41 Å². The summed E-state index contributed by atoms with van der Waals surface area (Å²) >= 11 is 6.03. The average Bonchev–Trinajstić information content (AvgIpc) is 3.27. The molecule has 1 aromatic heterocycles. The Labute approximate surface area is 220 Å². The van der Waals surface area contributed by atoms with Gasteiger partial charge in [0.2, 0.25) is 17.7 Å². The fourth-order valence-electron chi connectivity index (χ4n) is 5.04. The van der Waals surface area contributed by atoms with E-state index in [4.69, 9.17) is 16.3 Å². The highest BCUT2D eigenvalue weighted by molar-refractivity contribution is 6.29. The highest BCUT2D eigenvalue weighted by Crippen LogP contribution is 2.41. The first-order chi connectivity index (χ1) is 17.6. The monoisotopic (exact) mass is 527 g/mol. The van der Waals surface area contributed by atoms with E-state index in [9.17, 15) is 19.2 Å². The third-order valence-electron chi connectivity index (χ3n) is 6.95. The number of amides is 4. The van der Waals surface area contributed by atoms with E-state index in [-0.39, 0.29) is 34.2 Å². The summed E-state index contributed by atoms with van der Waals surface area (Å²) in [6.45, 7) is 5.14. The van der Waals surface area contributed by atoms with Crippen molar-refractivity contribution in [1.82, 2.24) is 14.8 Å². The Morgan fingerprint density at radius 1 is 0.865 bits per heavy atom. The number of hydrogen-bond acceptors (Lipinski definition) is 6. The van der Waals surface area contributed by atoms with Gasteiger partial charge in [-0.3, -0.25) is 19.2 Å². The van der Waals surface area contributed by atoms with Crippen LogP contribution in [0.5, 0.6) is 5.88 Å². The molecule has 2 saturated heterocycles. The summed E-state index contributed by atoms with van der Waals surface area (Å²) in [7, 11) is 1.47. The van der Waals surface area contributed by atoms with Gasteiger partial charge in [-0.05, 0) is 48.9 Å². The van der Waals surface area contributed by atoms with Crippen LogP contribution in [0.15, 0.2) is 30.3 Å². The van der Waals surface area contributed by atoms with Crippen LogP contribution in [0.1, 0.15) is 53.8 Å². The Kier molecular flexibility index (Phi) is 7.68. The molecule has 0 atom stereocenters. The standard InChI is InChI=1S/C26H30ClN5O5/c1-16(33)28-20-5-4-18(12-21(20)29-17(2)34)24(35)32-11-8-26(15-32)6-9-31(10-7-26)25(36)19-13-22(27)30-23(14-19)37-3/h4-5,12-14H,6-11,15H2,1-3H3,(H,28,33)(H,29,34). The quantitative estimate of drug-likeness (QED) is 0.575. The Morgan fingerprint density at radius 3 is 2.08 bits per heavy atom. The number of halogens is 1. The molecule has 196 valence electrons. The number of piperidine rings is 1. The maximum atomic E-state index is 13.3. The fraction of sp³-hybridized carbons (Fsp3) is 0.423. The summed E-state index contributed by atoms with van der Waals surface area (Å²) < 4.78 is 5.13. The van der Waals surface area contributed by atoms with Crippen molar-refractivity contribution < 1.29 is 23.9 Å². The van der Waals surface area contributed by atoms with E-state index in [0.717, 1.165) is 19.3 Å². The summed E-state index contributed by atoms with van der Waals surface area (Å²) in [6, 6.07) is 7.99. The van der Waals surface area contributed by atoms with Crippen LogP contribution in [-0.2, 0) is 9.59 Å². The molecule has 4 amide bonds. The smallest absolute Gasteiger partial charge is 0.254 e. The van der Waals surface area contributed by atoms with Gasteiger partial charge in [0.05, 0.1) is 18.5 Å². The van der Waals surface area contributed by atoms with Crippen LogP contribution in [0.25, 0.3) is 0 Å². The Morgan fingerprint density at radius 2 is 1.46 bits per heavy atom. The molecule has 2 aliphatic rings. The number of hydrogen-bond donors (Lipinski definition) is 2. The molecule has 1 spiro atoms. The third-order valence-corrected chi connectivity index (χ3v) is 7.15. The SMILES string of the molecule is COc1cc(C(=O)N2CCC3(CC2)CCN(C(=O)c2ccc(NC(C)=O)c(NC(C)=O)c2)C3)cc(Cl)n1. The number of ether oxygens (including phenoxy) is 1. The van der Waals surface area contributed by atoms with Crippen molar-refractivity contribution in [3.63, 3.8) is 0 Å². The molecule has 0 saturated carbocycles. The van der Waals surface area contributed by atoms with Gasteiger partial charge in [0.25, 0.3) is 11.8 Å². The molecule has 0 bridgehead atoms. The summed E-state index contributed by atoms with van der Waals surface area (Å²) in [5.41, 5.74) is 1.64. The summed E-state index contributed by atoms with van der Waals surface area (Å²) in [5.74, 6) is -0.530. The van der Waals surface area contributed by atoms with Crippen LogP contribution in [0.2, 0.25) is 5.15 Å². The van der Waals surface area contributed by atoms with Crippen molar-refractivity contribution in [3.8, 4) is 5.88 Å². The number of rotatable bonds is 5. The second-order valence-electron chi connectivity index (χ2n) is 9.61. The molecule has 0 aliphatic carbocycles. The van der Waals surface area contributed by atoms with E-state index >= 15 is 0 Å². The first kappa shape index (κ1) is 26.4. The molecular weight excluding hydrogens is 498 g/mol. The summed E-state index contributed by atoms with van der Waals surface area (Å²) in [5, 5.41) is 5.55. The molecule has 2 aliphatic heterocycles. The largest absolute Gasteiger partial charge is 0.481 e. The van der Waals surface area contributed by atoms with Gasteiger partial charge in [-0.25, -0.2) is 4.98 Å². The van der Waals surface area contributed by atoms with Gasteiger partial charge in [0.1, 0.15) is 5.15 Å². The number of nitrogens with zero attached hydrogens (tertiary/aromatic N) is 3. The Hall–Kier alpha value is -3.66. The van der Waals surface area contributed by atoms with Crippen molar-refractivity contribution in [3.05, 3.63) is 46.6 Å². The van der Waals surface area contributed by atoms with Crippen LogP contribution in [0, 0.1) is 5.41 Å². The van der Waals surface area contributed by atoms with Crippen molar-refractivity contribution in [2.45, 2.75) is 33.1 Å². The van der Waals surface area contributed by atoms with Gasteiger partial charge in [-0.15, -0.1) is 0 Å². The zero-order valence-corrected chi connectivity index (χ0v) is 21.9. The molecule has 2 N–H and O–H groups in total. The van der Waals surface area contributed by atoms with E-state index in [1.54, 1.807) is 35.2 Å². The molecular formula is C26H30ClN5O5. The van der Waals surface area contributed by atoms with E-state index in [1.807, 2.05) is 4.90 Å². The van der Waals surface area contributed by atoms with Crippen molar-refractivity contribution >= 4 is 46.6 Å². The van der Waals surface area contributed by atoms with E-state index < -0.39 is 0 Å². The minimum absolute atomic E-state index is 0.0450. The van der Waals surface area contributed by atoms with Crippen LogP contribution < -0.4 is 15.4 Å². The topological polar surface area (TPSA) is 121 Å². The minimum atomic E-state index is -0.301. The molecule has 2 aromatic rings. The summed E-state index contributed by atoms with van der Waals surface area (Å²) in [6.07, 6.45) is 2.44. The number of benzene rings is 1. The fourth-order valence-corrected chi connectivity index (χ4v) is 5.24. The van der Waals surface area contributed by atoms with Crippen LogP contribution in [0.3, 0.4) is 0 Å². The predicted octanol–water partition coefficient (Wildman–Crippen LogP) is 3.43. The van der Waals surface area contributed by atoms with E-state index in [2.05, 4.69) is 15.6 Å². The molecule has 0 radical (unpaired) electrons. The molecule has 1 aromatic carbocycles. The van der Waals surface area contributed by atoms with Gasteiger partial charge in [0.15, 0.2) is 0 Å². The number of carbonyl (C=O) groups is 4.